The highest BCUT2D eigenvalue weighted by Gasteiger charge is 2.48. The molecule has 0 spiro atoms. The van der Waals surface area contributed by atoms with Crippen molar-refractivity contribution in [3.05, 3.63) is 86.9 Å². The van der Waals surface area contributed by atoms with Crippen LogP contribution in [0, 0.1) is 12.7 Å². The number of halogens is 3. The number of carbonyl (C=O) groups is 2. The van der Waals surface area contributed by atoms with Gasteiger partial charge in [0.05, 0.1) is 21.7 Å². The van der Waals surface area contributed by atoms with E-state index in [4.69, 9.17) is 27.7 Å². The van der Waals surface area contributed by atoms with Crippen molar-refractivity contribution in [1.82, 2.24) is 5.16 Å². The number of Topliss-reactive ketones (excluding diaryl/α,β-unsaturated/α-hetero) is 1. The van der Waals surface area contributed by atoms with Crippen molar-refractivity contribution >= 4 is 46.5 Å². The first-order chi connectivity index (χ1) is 14.3. The Morgan fingerprint density at radius 3 is 2.40 bits per heavy atom. The van der Waals surface area contributed by atoms with Crippen LogP contribution in [0.5, 0.6) is 0 Å². The van der Waals surface area contributed by atoms with Crippen LogP contribution in [0.4, 0.5) is 10.2 Å². The van der Waals surface area contributed by atoms with Crippen LogP contribution in [0.3, 0.4) is 0 Å². The van der Waals surface area contributed by atoms with E-state index in [2.05, 4.69) is 5.16 Å². The summed E-state index contributed by atoms with van der Waals surface area (Å²) in [5.41, 5.74) is 0.411. The van der Waals surface area contributed by atoms with Crippen molar-refractivity contribution in [3.8, 4) is 0 Å². The van der Waals surface area contributed by atoms with Crippen molar-refractivity contribution in [2.24, 2.45) is 0 Å². The number of hydrogen-bond donors (Lipinski definition) is 1. The van der Waals surface area contributed by atoms with E-state index in [1.54, 1.807) is 13.0 Å². The average molecular weight is 447 g/mol. The van der Waals surface area contributed by atoms with E-state index in [0.717, 1.165) is 17.0 Å². The maximum atomic E-state index is 13.3. The summed E-state index contributed by atoms with van der Waals surface area (Å²) >= 11 is 12.2. The number of benzene rings is 2. The van der Waals surface area contributed by atoms with Crippen molar-refractivity contribution < 1.29 is 23.6 Å². The summed E-state index contributed by atoms with van der Waals surface area (Å²) in [4.78, 5) is 26.9. The second-order valence-electron chi connectivity index (χ2n) is 6.65. The third-order valence-corrected chi connectivity index (χ3v) is 5.42. The molecule has 0 saturated carbocycles. The Labute approximate surface area is 180 Å². The first-order valence-corrected chi connectivity index (χ1v) is 9.48. The number of hydrogen-bond acceptors (Lipinski definition) is 5. The number of nitrogens with zero attached hydrogens (tertiary/aromatic N) is 2. The second kappa shape index (κ2) is 7.59. The molecule has 1 aromatic heterocycles. The molecule has 152 valence electrons. The fourth-order valence-electron chi connectivity index (χ4n) is 3.30. The number of anilines is 1. The van der Waals surface area contributed by atoms with Crippen molar-refractivity contribution in [3.63, 3.8) is 0 Å². The lowest BCUT2D eigenvalue weighted by atomic mass is 9.95. The lowest BCUT2D eigenvalue weighted by Crippen LogP contribution is -2.29. The molecule has 3 aromatic rings. The maximum Gasteiger partial charge on any atom is 0.301 e. The summed E-state index contributed by atoms with van der Waals surface area (Å²) in [6, 6.07) is 9.95. The molecule has 30 heavy (non-hydrogen) atoms. The number of ketones is 1. The number of aryl methyl sites for hydroxylation is 1. The summed E-state index contributed by atoms with van der Waals surface area (Å²) in [5, 5.41) is 15.2. The zero-order valence-corrected chi connectivity index (χ0v) is 16.9. The van der Waals surface area contributed by atoms with E-state index in [1.165, 1.54) is 30.3 Å². The molecule has 0 bridgehead atoms. The van der Waals surface area contributed by atoms with Crippen LogP contribution >= 0.6 is 23.2 Å². The molecule has 2 heterocycles. The SMILES string of the molecule is Cc1cc(N2C(=O)C(=O)C(=C(O)c3ccc(F)cc3)C2c2ccc(Cl)c(Cl)c2)no1. The molecule has 2 aromatic carbocycles. The first-order valence-electron chi connectivity index (χ1n) is 8.73. The fraction of sp³-hybridized carbons (Fsp3) is 0.0952. The number of amides is 1. The molecular weight excluding hydrogens is 434 g/mol. The molecule has 1 atom stereocenters. The van der Waals surface area contributed by atoms with Crippen LogP contribution in [0.2, 0.25) is 10.0 Å². The largest absolute Gasteiger partial charge is 0.507 e. The Morgan fingerprint density at radius 2 is 1.80 bits per heavy atom. The fourth-order valence-corrected chi connectivity index (χ4v) is 3.60. The van der Waals surface area contributed by atoms with Gasteiger partial charge < -0.3 is 9.63 Å². The molecule has 1 aliphatic heterocycles. The normalized spacial score (nSPS) is 18.3. The van der Waals surface area contributed by atoms with Crippen LogP contribution < -0.4 is 4.90 Å². The molecule has 9 heteroatoms. The predicted octanol–water partition coefficient (Wildman–Crippen LogP) is 5.06. The first kappa shape index (κ1) is 20.1. The Morgan fingerprint density at radius 1 is 1.10 bits per heavy atom. The number of aromatic nitrogens is 1. The van der Waals surface area contributed by atoms with Gasteiger partial charge in [-0.05, 0) is 48.9 Å². The lowest BCUT2D eigenvalue weighted by molar-refractivity contribution is -0.132. The third kappa shape index (κ3) is 3.36. The van der Waals surface area contributed by atoms with Crippen molar-refractivity contribution in [2.75, 3.05) is 4.90 Å². The summed E-state index contributed by atoms with van der Waals surface area (Å²) in [6.07, 6.45) is 0. The average Bonchev–Trinajstić information content (AvgIpc) is 3.25. The Kier molecular flexibility index (Phi) is 5.09. The highest BCUT2D eigenvalue weighted by atomic mass is 35.5. The topological polar surface area (TPSA) is 83.6 Å². The minimum Gasteiger partial charge on any atom is -0.507 e. The molecule has 1 aliphatic rings. The van der Waals surface area contributed by atoms with E-state index >= 15 is 0 Å². The Hall–Kier alpha value is -3.16. The molecule has 1 unspecified atom stereocenters. The third-order valence-electron chi connectivity index (χ3n) is 4.68. The van der Waals surface area contributed by atoms with Crippen molar-refractivity contribution in [2.45, 2.75) is 13.0 Å². The van der Waals surface area contributed by atoms with Crippen LogP contribution in [0.25, 0.3) is 5.76 Å². The van der Waals surface area contributed by atoms with Gasteiger partial charge in [0.1, 0.15) is 17.3 Å². The molecule has 6 nitrogen and oxygen atoms in total. The second-order valence-corrected chi connectivity index (χ2v) is 7.46. The monoisotopic (exact) mass is 446 g/mol. The number of carbonyl (C=O) groups excluding carboxylic acids is 2. The van der Waals surface area contributed by atoms with Crippen LogP contribution in [0.15, 0.2) is 58.6 Å². The molecule has 4 rings (SSSR count). The smallest absolute Gasteiger partial charge is 0.301 e. The van der Waals surface area contributed by atoms with Gasteiger partial charge in [0.2, 0.25) is 0 Å². The highest BCUT2D eigenvalue weighted by Crippen LogP contribution is 2.43. The molecule has 1 N–H and O–H groups in total. The lowest BCUT2D eigenvalue weighted by Gasteiger charge is -2.23. The van der Waals surface area contributed by atoms with E-state index in [9.17, 15) is 19.1 Å². The van der Waals surface area contributed by atoms with Crippen LogP contribution in [-0.2, 0) is 9.59 Å². The zero-order valence-electron chi connectivity index (χ0n) is 15.4. The molecule has 0 radical (unpaired) electrons. The van der Waals surface area contributed by atoms with Gasteiger partial charge >= 0.3 is 5.91 Å². The summed E-state index contributed by atoms with van der Waals surface area (Å²) in [5.74, 6) is -2.25. The van der Waals surface area contributed by atoms with Gasteiger partial charge in [0.15, 0.2) is 5.82 Å². The predicted molar refractivity (Wildman–Crippen MR) is 109 cm³/mol. The molecular formula is C21H13Cl2FN2O4. The molecule has 1 saturated heterocycles. The summed E-state index contributed by atoms with van der Waals surface area (Å²) in [6.45, 7) is 1.64. The van der Waals surface area contributed by atoms with Crippen molar-refractivity contribution in [1.29, 1.82) is 0 Å². The van der Waals surface area contributed by atoms with E-state index < -0.39 is 29.3 Å². The zero-order chi connectivity index (χ0) is 21.6. The minimum atomic E-state index is -1.05. The van der Waals surface area contributed by atoms with Gasteiger partial charge in [-0.25, -0.2) is 4.39 Å². The quantitative estimate of drug-likeness (QED) is 0.345. The molecule has 1 amide bonds. The van der Waals surface area contributed by atoms with Gasteiger partial charge in [-0.3, -0.25) is 14.5 Å². The van der Waals surface area contributed by atoms with Crippen LogP contribution in [0.1, 0.15) is 22.9 Å². The van der Waals surface area contributed by atoms with E-state index in [0.29, 0.717) is 11.3 Å². The van der Waals surface area contributed by atoms with Gasteiger partial charge in [-0.2, -0.15) is 0 Å². The van der Waals surface area contributed by atoms with E-state index in [-0.39, 0.29) is 27.0 Å². The van der Waals surface area contributed by atoms with Gasteiger partial charge in [0, 0.05) is 11.6 Å². The van der Waals surface area contributed by atoms with Gasteiger partial charge in [0.25, 0.3) is 5.78 Å². The van der Waals surface area contributed by atoms with Gasteiger partial charge in [-0.15, -0.1) is 0 Å². The Balaban J connectivity index is 1.96. The van der Waals surface area contributed by atoms with Gasteiger partial charge in [-0.1, -0.05) is 34.4 Å². The Bertz CT molecular complexity index is 1200. The molecule has 1 fully saturated rings. The maximum absolute atomic E-state index is 13.3. The summed E-state index contributed by atoms with van der Waals surface area (Å²) in [7, 11) is 0. The molecule has 0 aliphatic carbocycles. The number of aliphatic hydroxyl groups excluding tert-OH is 1. The number of aliphatic hydroxyl groups is 1. The van der Waals surface area contributed by atoms with E-state index in [1.807, 2.05) is 0 Å². The standard InChI is InChI=1S/C21H13Cl2FN2O4/c1-10-8-16(25-30-10)26-18(12-4-7-14(22)15(23)9-12)17(20(28)21(26)29)19(27)11-2-5-13(24)6-3-11/h2-9,18,27H,1H3. The number of rotatable bonds is 3. The summed E-state index contributed by atoms with van der Waals surface area (Å²) < 4.78 is 18.4. The highest BCUT2D eigenvalue weighted by molar-refractivity contribution is 6.51. The minimum absolute atomic E-state index is 0.101. The van der Waals surface area contributed by atoms with Crippen LogP contribution in [-0.4, -0.2) is 22.0 Å².